The lowest BCUT2D eigenvalue weighted by Crippen LogP contribution is -2.44. The first-order valence-electron chi connectivity index (χ1n) is 7.21. The van der Waals surface area contributed by atoms with Gasteiger partial charge in [-0.1, -0.05) is 17.3 Å². The maximum atomic E-state index is 6.23. The molecule has 4 rings (SSSR count). The number of hydrogen-bond donors (Lipinski definition) is 1. The van der Waals surface area contributed by atoms with Crippen LogP contribution in [0.4, 0.5) is 0 Å². The Hall–Kier alpha value is -0.690. The SMILES string of the molecule is Cl.NC1(c2noc(-c3ccc(C4SCCS4)cc3)n2)CCC1. The number of thioether (sulfide) groups is 2. The molecule has 7 heteroatoms. The molecule has 0 spiro atoms. The van der Waals surface area contributed by atoms with Crippen LogP contribution in [0.1, 0.15) is 35.2 Å². The molecule has 1 saturated heterocycles. The molecule has 2 heterocycles. The van der Waals surface area contributed by atoms with Gasteiger partial charge in [0.05, 0.1) is 10.1 Å². The van der Waals surface area contributed by atoms with Gasteiger partial charge in [0.1, 0.15) is 0 Å². The van der Waals surface area contributed by atoms with Gasteiger partial charge >= 0.3 is 0 Å². The van der Waals surface area contributed by atoms with E-state index in [0.717, 1.165) is 24.8 Å². The third-order valence-electron chi connectivity index (χ3n) is 4.17. The van der Waals surface area contributed by atoms with Gasteiger partial charge in [-0.05, 0) is 37.0 Å². The van der Waals surface area contributed by atoms with Crippen molar-refractivity contribution in [3.63, 3.8) is 0 Å². The first kappa shape index (κ1) is 16.2. The Labute approximate surface area is 144 Å². The van der Waals surface area contributed by atoms with Crippen molar-refractivity contribution in [1.82, 2.24) is 10.1 Å². The standard InChI is InChI=1S/C15H17N3OS2.ClH/c16-15(6-1-7-15)14-17-12(19-18-14)10-2-4-11(5-3-10)13-20-8-9-21-13;/h2-5,13H,1,6-9,16H2;1H. The first-order chi connectivity index (χ1) is 10.2. The third kappa shape index (κ3) is 2.89. The molecular formula is C15H18ClN3OS2. The first-order valence-corrected chi connectivity index (χ1v) is 9.31. The minimum Gasteiger partial charge on any atom is -0.334 e. The van der Waals surface area contributed by atoms with Gasteiger partial charge in [-0.15, -0.1) is 35.9 Å². The molecule has 1 aliphatic carbocycles. The molecule has 1 saturated carbocycles. The molecule has 1 aromatic carbocycles. The molecule has 1 aromatic heterocycles. The second kappa shape index (κ2) is 6.43. The van der Waals surface area contributed by atoms with Crippen LogP contribution in [0.2, 0.25) is 0 Å². The summed E-state index contributed by atoms with van der Waals surface area (Å²) in [5.74, 6) is 3.69. The fraction of sp³-hybridized carbons (Fsp3) is 0.467. The molecule has 0 unspecified atom stereocenters. The molecule has 2 aromatic rings. The van der Waals surface area contributed by atoms with E-state index in [0.29, 0.717) is 16.3 Å². The average molecular weight is 356 g/mol. The Morgan fingerprint density at radius 1 is 1.14 bits per heavy atom. The molecule has 2 fully saturated rings. The quantitative estimate of drug-likeness (QED) is 0.898. The van der Waals surface area contributed by atoms with E-state index in [1.807, 2.05) is 23.5 Å². The summed E-state index contributed by atoms with van der Waals surface area (Å²) in [4.78, 5) is 4.49. The summed E-state index contributed by atoms with van der Waals surface area (Å²) >= 11 is 4.02. The Morgan fingerprint density at radius 2 is 1.82 bits per heavy atom. The summed E-state index contributed by atoms with van der Waals surface area (Å²) in [5.41, 5.74) is 8.20. The van der Waals surface area contributed by atoms with Gasteiger partial charge in [-0.2, -0.15) is 4.98 Å². The fourth-order valence-electron chi connectivity index (χ4n) is 2.66. The zero-order valence-electron chi connectivity index (χ0n) is 12.0. The molecule has 118 valence electrons. The summed E-state index contributed by atoms with van der Waals surface area (Å²) in [5, 5.41) is 4.07. The number of hydrogen-bond acceptors (Lipinski definition) is 6. The van der Waals surface area contributed by atoms with Crippen molar-refractivity contribution in [2.75, 3.05) is 11.5 Å². The van der Waals surface area contributed by atoms with Crippen molar-refractivity contribution in [3.05, 3.63) is 35.7 Å². The number of rotatable bonds is 3. The lowest BCUT2D eigenvalue weighted by Gasteiger charge is -2.34. The van der Waals surface area contributed by atoms with Gasteiger partial charge in [0.15, 0.2) is 5.82 Å². The highest BCUT2D eigenvalue weighted by Gasteiger charge is 2.39. The molecule has 2 aliphatic rings. The predicted octanol–water partition coefficient (Wildman–Crippen LogP) is 3.97. The monoisotopic (exact) mass is 355 g/mol. The normalized spacial score (nSPS) is 20.4. The van der Waals surface area contributed by atoms with Crippen molar-refractivity contribution < 1.29 is 4.52 Å². The van der Waals surface area contributed by atoms with Crippen LogP contribution in [0.3, 0.4) is 0 Å². The number of aromatic nitrogens is 2. The molecule has 22 heavy (non-hydrogen) atoms. The number of nitrogens with zero attached hydrogens (tertiary/aromatic N) is 2. The van der Waals surface area contributed by atoms with Crippen molar-refractivity contribution in [1.29, 1.82) is 0 Å². The van der Waals surface area contributed by atoms with Gasteiger partial charge < -0.3 is 10.3 Å². The zero-order chi connectivity index (χ0) is 14.3. The van der Waals surface area contributed by atoms with E-state index in [1.165, 1.54) is 17.1 Å². The summed E-state index contributed by atoms with van der Waals surface area (Å²) in [6.07, 6.45) is 3.04. The molecule has 1 aliphatic heterocycles. The molecule has 0 atom stereocenters. The maximum absolute atomic E-state index is 6.23. The van der Waals surface area contributed by atoms with Crippen LogP contribution in [-0.2, 0) is 5.54 Å². The van der Waals surface area contributed by atoms with Crippen LogP contribution < -0.4 is 5.73 Å². The highest BCUT2D eigenvalue weighted by Crippen LogP contribution is 2.45. The molecular weight excluding hydrogens is 338 g/mol. The van der Waals surface area contributed by atoms with Crippen molar-refractivity contribution >= 4 is 35.9 Å². The largest absolute Gasteiger partial charge is 0.334 e. The fourth-order valence-corrected chi connectivity index (χ4v) is 5.52. The Morgan fingerprint density at radius 3 is 2.41 bits per heavy atom. The van der Waals surface area contributed by atoms with Gasteiger partial charge in [0.25, 0.3) is 5.89 Å². The number of nitrogens with two attached hydrogens (primary N) is 1. The van der Waals surface area contributed by atoms with E-state index in [2.05, 4.69) is 34.4 Å². The van der Waals surface area contributed by atoms with Crippen LogP contribution >= 0.6 is 35.9 Å². The van der Waals surface area contributed by atoms with Crippen molar-refractivity contribution in [3.8, 4) is 11.5 Å². The Balaban J connectivity index is 0.00000144. The summed E-state index contributed by atoms with van der Waals surface area (Å²) in [6, 6.07) is 8.46. The van der Waals surface area contributed by atoms with Gasteiger partial charge in [0.2, 0.25) is 0 Å². The van der Waals surface area contributed by atoms with E-state index in [1.54, 1.807) is 0 Å². The predicted molar refractivity (Wildman–Crippen MR) is 94.4 cm³/mol. The maximum Gasteiger partial charge on any atom is 0.257 e. The van der Waals surface area contributed by atoms with Crippen LogP contribution in [0, 0.1) is 0 Å². The minimum atomic E-state index is -0.362. The second-order valence-electron chi connectivity index (χ2n) is 5.63. The topological polar surface area (TPSA) is 64.9 Å². The highest BCUT2D eigenvalue weighted by molar-refractivity contribution is 8.19. The lowest BCUT2D eigenvalue weighted by atomic mass is 9.77. The van der Waals surface area contributed by atoms with Crippen molar-refractivity contribution in [2.24, 2.45) is 5.73 Å². The zero-order valence-corrected chi connectivity index (χ0v) is 14.5. The van der Waals surface area contributed by atoms with E-state index < -0.39 is 0 Å². The average Bonchev–Trinajstić information content (AvgIpc) is 3.16. The van der Waals surface area contributed by atoms with E-state index in [-0.39, 0.29) is 17.9 Å². The summed E-state index contributed by atoms with van der Waals surface area (Å²) < 4.78 is 5.96. The molecule has 2 N–H and O–H groups in total. The third-order valence-corrected chi connectivity index (χ3v) is 7.27. The van der Waals surface area contributed by atoms with E-state index in [9.17, 15) is 0 Å². The molecule has 0 amide bonds. The van der Waals surface area contributed by atoms with E-state index >= 15 is 0 Å². The number of halogens is 1. The van der Waals surface area contributed by atoms with E-state index in [4.69, 9.17) is 10.3 Å². The van der Waals surface area contributed by atoms with Crippen LogP contribution in [0.15, 0.2) is 28.8 Å². The van der Waals surface area contributed by atoms with Crippen LogP contribution in [0.5, 0.6) is 0 Å². The molecule has 0 radical (unpaired) electrons. The van der Waals surface area contributed by atoms with Crippen LogP contribution in [-0.4, -0.2) is 21.6 Å². The number of benzene rings is 1. The molecule has 4 nitrogen and oxygen atoms in total. The second-order valence-corrected chi connectivity index (χ2v) is 8.35. The van der Waals surface area contributed by atoms with Crippen LogP contribution in [0.25, 0.3) is 11.5 Å². The lowest BCUT2D eigenvalue weighted by molar-refractivity contribution is 0.229. The smallest absolute Gasteiger partial charge is 0.257 e. The molecule has 0 bridgehead atoms. The van der Waals surface area contributed by atoms with Gasteiger partial charge in [-0.25, -0.2) is 0 Å². The minimum absolute atomic E-state index is 0. The summed E-state index contributed by atoms with van der Waals surface area (Å²) in [7, 11) is 0. The Kier molecular flexibility index (Phi) is 4.73. The van der Waals surface area contributed by atoms with Gasteiger partial charge in [-0.3, -0.25) is 0 Å². The summed E-state index contributed by atoms with van der Waals surface area (Å²) in [6.45, 7) is 0. The highest BCUT2D eigenvalue weighted by atomic mass is 35.5. The van der Waals surface area contributed by atoms with Crippen molar-refractivity contribution in [2.45, 2.75) is 29.4 Å². The van der Waals surface area contributed by atoms with Gasteiger partial charge in [0, 0.05) is 17.1 Å². The Bertz CT molecular complexity index is 636.